The van der Waals surface area contributed by atoms with Gasteiger partial charge < -0.3 is 0 Å². The molecule has 0 fully saturated rings. The average Bonchev–Trinajstić information content (AvgIpc) is 2.40. The van der Waals surface area contributed by atoms with Gasteiger partial charge in [0.05, 0.1) is 0 Å². The summed E-state index contributed by atoms with van der Waals surface area (Å²) in [5.41, 5.74) is 0.138. The van der Waals surface area contributed by atoms with Crippen LogP contribution >= 0.6 is 0 Å². The van der Waals surface area contributed by atoms with Crippen molar-refractivity contribution >= 4 is 0 Å². The molecule has 0 aliphatic carbocycles. The zero-order valence-corrected chi connectivity index (χ0v) is 18.2. The molecule has 0 heterocycles. The molecule has 5 heteroatoms. The maximum absolute atomic E-state index is 4.15. The Morgan fingerprint density at radius 2 is 0.857 bits per heavy atom. The molecule has 0 rings (SSSR count). The fourth-order valence-corrected chi connectivity index (χ4v) is 14.8. The number of nitrogens with one attached hydrogen (secondary N) is 1. The van der Waals surface area contributed by atoms with Crippen LogP contribution in [0, 0.1) is 0 Å². The zero-order valence-electron chi connectivity index (χ0n) is 16.0. The molecule has 0 spiro atoms. The molecule has 0 atom stereocenters. The van der Waals surface area contributed by atoms with Crippen LogP contribution in [-0.2, 0) is 18.2 Å². The maximum atomic E-state index is 4.15. The van der Waals surface area contributed by atoms with Gasteiger partial charge >= 0.3 is 139 Å². The van der Waals surface area contributed by atoms with Crippen molar-refractivity contribution in [3.8, 4) is 0 Å². The van der Waals surface area contributed by atoms with Crippen molar-refractivity contribution in [2.75, 3.05) is 39.3 Å². The first-order valence-electron chi connectivity index (χ1n) is 8.71. The molecule has 0 radical (unpaired) electrons. The predicted octanol–water partition coefficient (Wildman–Crippen LogP) is 3.21. The van der Waals surface area contributed by atoms with Gasteiger partial charge in [-0.3, -0.25) is 0 Å². The van der Waals surface area contributed by atoms with Crippen LogP contribution in [0.3, 0.4) is 0 Å². The first-order valence-corrected chi connectivity index (χ1v) is 12.8. The zero-order chi connectivity index (χ0) is 16.7. The fraction of sp³-hybridized carbons (Fsp3) is 1.00. The van der Waals surface area contributed by atoms with Crippen LogP contribution < -0.4 is 3.72 Å². The molecule has 0 aromatic rings. The predicted molar refractivity (Wildman–Crippen MR) is 91.7 cm³/mol. The summed E-state index contributed by atoms with van der Waals surface area (Å²) >= 11 is -2.89. The molecule has 0 aromatic carbocycles. The minimum atomic E-state index is -2.89. The Bertz CT molecular complexity index is 235. The molecule has 0 aliphatic rings. The quantitative estimate of drug-likeness (QED) is 0.587. The topological polar surface area (TPSA) is 21.8 Å². The van der Waals surface area contributed by atoms with Gasteiger partial charge in [-0.2, -0.15) is 0 Å². The van der Waals surface area contributed by atoms with E-state index in [4.69, 9.17) is 0 Å². The summed E-state index contributed by atoms with van der Waals surface area (Å²) in [7, 11) is 0. The van der Waals surface area contributed by atoms with Crippen molar-refractivity contribution in [3.05, 3.63) is 0 Å². The summed E-state index contributed by atoms with van der Waals surface area (Å²) in [5, 5.41) is 0. The Morgan fingerprint density at radius 1 is 0.619 bits per heavy atom. The van der Waals surface area contributed by atoms with Crippen LogP contribution in [0.5, 0.6) is 0 Å². The molecular formula is C16H40N4Nb. The standard InChI is InChI=1S/4C4H10N.Nb/c1-4(2,3)5;3*1-3-5-4-2;/h5H,1-3H3;3*3-4H2,1-2H3;/q4*-1;+4. The van der Waals surface area contributed by atoms with Gasteiger partial charge in [0.15, 0.2) is 0 Å². The van der Waals surface area contributed by atoms with Crippen molar-refractivity contribution in [3.63, 3.8) is 0 Å². The van der Waals surface area contributed by atoms with Gasteiger partial charge in [0.1, 0.15) is 0 Å². The molecule has 0 saturated carbocycles. The molecule has 1 N–H and O–H groups in total. The summed E-state index contributed by atoms with van der Waals surface area (Å²) in [5.74, 6) is 0. The second kappa shape index (κ2) is 9.66. The van der Waals surface area contributed by atoms with Gasteiger partial charge in [0.2, 0.25) is 0 Å². The van der Waals surface area contributed by atoms with Crippen LogP contribution in [0.15, 0.2) is 0 Å². The van der Waals surface area contributed by atoms with E-state index in [2.05, 4.69) is 75.9 Å². The van der Waals surface area contributed by atoms with Crippen molar-refractivity contribution < 1.29 is 18.2 Å². The van der Waals surface area contributed by atoms with E-state index in [1.54, 1.807) is 0 Å². The summed E-state index contributed by atoms with van der Waals surface area (Å²) in [6.45, 7) is 27.5. The van der Waals surface area contributed by atoms with Crippen molar-refractivity contribution in [2.24, 2.45) is 0 Å². The third-order valence-electron chi connectivity index (χ3n) is 3.86. The van der Waals surface area contributed by atoms with E-state index in [-0.39, 0.29) is 5.54 Å². The first kappa shape index (κ1) is 21.6. The summed E-state index contributed by atoms with van der Waals surface area (Å²) in [4.78, 5) is 0. The van der Waals surface area contributed by atoms with E-state index in [1.165, 1.54) is 0 Å². The number of hydrogen-bond acceptors (Lipinski definition) is 4. The Kier molecular flexibility index (Phi) is 9.93. The fourth-order valence-electron chi connectivity index (χ4n) is 3.05. The summed E-state index contributed by atoms with van der Waals surface area (Å²) < 4.78 is 12.4. The Morgan fingerprint density at radius 3 is 1.00 bits per heavy atom. The number of hydrogen-bond donors (Lipinski definition) is 1. The summed E-state index contributed by atoms with van der Waals surface area (Å²) in [6.07, 6.45) is 0. The van der Waals surface area contributed by atoms with Crippen LogP contribution in [0.25, 0.3) is 0 Å². The molecule has 0 amide bonds. The van der Waals surface area contributed by atoms with E-state index in [9.17, 15) is 0 Å². The number of nitrogens with zero attached hydrogens (tertiary/aromatic N) is 3. The van der Waals surface area contributed by atoms with Gasteiger partial charge in [0, 0.05) is 0 Å². The Labute approximate surface area is 139 Å². The molecule has 129 valence electrons. The molecule has 0 aromatic heterocycles. The van der Waals surface area contributed by atoms with E-state index in [0.29, 0.717) is 0 Å². The van der Waals surface area contributed by atoms with E-state index >= 15 is 0 Å². The molecule has 0 aliphatic heterocycles. The minimum absolute atomic E-state index is 0.138. The second-order valence-corrected chi connectivity index (χ2v) is 13.9. The van der Waals surface area contributed by atoms with Crippen LogP contribution in [0.1, 0.15) is 62.3 Å². The number of rotatable bonds is 10. The van der Waals surface area contributed by atoms with E-state index in [0.717, 1.165) is 39.3 Å². The van der Waals surface area contributed by atoms with E-state index < -0.39 is 18.2 Å². The van der Waals surface area contributed by atoms with Crippen molar-refractivity contribution in [1.82, 2.24) is 13.6 Å². The van der Waals surface area contributed by atoms with Gasteiger partial charge in [-0.1, -0.05) is 0 Å². The average molecular weight is 381 g/mol. The molecular weight excluding hydrogens is 341 g/mol. The van der Waals surface area contributed by atoms with Crippen molar-refractivity contribution in [1.29, 1.82) is 0 Å². The monoisotopic (exact) mass is 381 g/mol. The molecule has 21 heavy (non-hydrogen) atoms. The van der Waals surface area contributed by atoms with Gasteiger partial charge in [-0.15, -0.1) is 0 Å². The van der Waals surface area contributed by atoms with Gasteiger partial charge in [-0.05, 0) is 0 Å². The van der Waals surface area contributed by atoms with Crippen molar-refractivity contribution in [2.45, 2.75) is 67.9 Å². The SMILES string of the molecule is CC[N](CC)[Nb]([NH]C(C)(C)C)([N](CC)CC)[N](CC)CC. The Balaban J connectivity index is 6.03. The third-order valence-corrected chi connectivity index (χ3v) is 16.2. The molecule has 0 bridgehead atoms. The molecule has 0 unspecified atom stereocenters. The van der Waals surface area contributed by atoms with Gasteiger partial charge in [0.25, 0.3) is 0 Å². The van der Waals surface area contributed by atoms with E-state index in [1.807, 2.05) is 0 Å². The molecule has 0 saturated heterocycles. The Hall–Kier alpha value is 0.580. The second-order valence-electron chi connectivity index (χ2n) is 6.35. The van der Waals surface area contributed by atoms with Crippen LogP contribution in [0.2, 0.25) is 0 Å². The first-order chi connectivity index (χ1) is 9.77. The third kappa shape index (κ3) is 5.31. The van der Waals surface area contributed by atoms with Crippen LogP contribution in [-0.4, -0.2) is 54.7 Å². The van der Waals surface area contributed by atoms with Gasteiger partial charge in [-0.25, -0.2) is 0 Å². The van der Waals surface area contributed by atoms with Crippen LogP contribution in [0.4, 0.5) is 0 Å². The summed E-state index contributed by atoms with van der Waals surface area (Å²) in [6, 6.07) is 0. The normalized spacial score (nSPS) is 13.7. The molecule has 4 nitrogen and oxygen atoms in total.